The zero-order valence-corrected chi connectivity index (χ0v) is 22.9. The first kappa shape index (κ1) is 26.8. The van der Waals surface area contributed by atoms with Gasteiger partial charge in [-0.3, -0.25) is 4.79 Å². The number of carbonyl (C=O) groups is 2. The molecular formula is C37H29NO4. The molecule has 0 aliphatic rings. The van der Waals surface area contributed by atoms with Crippen LogP contribution in [-0.2, 0) is 17.6 Å². The largest absolute Gasteiger partial charge is 0.480 e. The van der Waals surface area contributed by atoms with E-state index in [1.165, 1.54) is 5.56 Å². The number of carboxylic acid groups (broad SMARTS) is 1. The fourth-order valence-electron chi connectivity index (χ4n) is 5.25. The minimum absolute atomic E-state index is 0.214. The Bertz CT molecular complexity index is 1820. The molecule has 0 radical (unpaired) electrons. The lowest BCUT2D eigenvalue weighted by Gasteiger charge is -2.15. The molecule has 5 aromatic carbocycles. The lowest BCUT2D eigenvalue weighted by molar-refractivity contribution is -0.139. The summed E-state index contributed by atoms with van der Waals surface area (Å²) >= 11 is 0. The number of aliphatic carboxylic acids is 1. The maximum Gasteiger partial charge on any atom is 0.326 e. The molecule has 1 atom stereocenters. The first-order chi connectivity index (χ1) is 20.5. The third-order valence-corrected chi connectivity index (χ3v) is 7.42. The van der Waals surface area contributed by atoms with Crippen molar-refractivity contribution in [3.05, 3.63) is 156 Å². The van der Waals surface area contributed by atoms with Crippen molar-refractivity contribution in [2.75, 3.05) is 0 Å². The van der Waals surface area contributed by atoms with Crippen molar-refractivity contribution < 1.29 is 19.1 Å². The van der Waals surface area contributed by atoms with Crippen molar-refractivity contribution in [1.82, 2.24) is 5.32 Å². The van der Waals surface area contributed by atoms with Gasteiger partial charge in [-0.15, -0.1) is 0 Å². The number of benzene rings is 5. The summed E-state index contributed by atoms with van der Waals surface area (Å²) in [6.07, 6.45) is 0.912. The van der Waals surface area contributed by atoms with Crippen LogP contribution in [0.5, 0.6) is 0 Å². The second kappa shape index (κ2) is 12.0. The molecule has 0 fully saturated rings. The maximum absolute atomic E-state index is 12.9. The molecule has 1 heterocycles. The summed E-state index contributed by atoms with van der Waals surface area (Å²) in [6, 6.07) is 42.2. The summed E-state index contributed by atoms with van der Waals surface area (Å²) in [6.45, 7) is 0. The Morgan fingerprint density at radius 1 is 0.643 bits per heavy atom. The van der Waals surface area contributed by atoms with Crippen LogP contribution in [0.3, 0.4) is 0 Å². The van der Waals surface area contributed by atoms with E-state index in [0.29, 0.717) is 12.0 Å². The fraction of sp³-hybridized carbons (Fsp3) is 0.0811. The van der Waals surface area contributed by atoms with Crippen LogP contribution in [0.15, 0.2) is 138 Å². The van der Waals surface area contributed by atoms with Gasteiger partial charge in [0.1, 0.15) is 17.4 Å². The smallest absolute Gasteiger partial charge is 0.326 e. The van der Waals surface area contributed by atoms with E-state index < -0.39 is 17.9 Å². The highest BCUT2D eigenvalue weighted by molar-refractivity contribution is 5.98. The molecular weight excluding hydrogens is 522 g/mol. The number of carbonyl (C=O) groups excluding carboxylic acids is 1. The molecule has 0 aliphatic carbocycles. The molecule has 6 rings (SSSR count). The molecule has 0 aliphatic heterocycles. The van der Waals surface area contributed by atoms with Gasteiger partial charge in [0.05, 0.1) is 0 Å². The molecule has 0 unspecified atom stereocenters. The summed E-state index contributed by atoms with van der Waals surface area (Å²) < 4.78 is 6.31. The Balaban J connectivity index is 1.20. The standard InChI is InChI=1S/C37H29NO4/c39-36(38-32(37(40)41)23-25-9-3-1-4-10-25)30-21-17-28(18-22-30)27-15-19-29(20-16-27)35-31-13-7-8-14-33(31)42-34(35)24-26-11-5-2-6-12-26/h1-22,32H,23-24H2,(H,38,39)(H,40,41)/t32-/m0/s1. The van der Waals surface area contributed by atoms with E-state index in [1.807, 2.05) is 78.9 Å². The lowest BCUT2D eigenvalue weighted by atomic mass is 9.96. The van der Waals surface area contributed by atoms with Gasteiger partial charge in [0.2, 0.25) is 0 Å². The molecule has 2 N–H and O–H groups in total. The lowest BCUT2D eigenvalue weighted by Crippen LogP contribution is -2.42. The highest BCUT2D eigenvalue weighted by atomic mass is 16.4. The van der Waals surface area contributed by atoms with Crippen molar-refractivity contribution in [1.29, 1.82) is 0 Å². The molecule has 5 nitrogen and oxygen atoms in total. The number of fused-ring (bicyclic) bond motifs is 1. The second-order valence-electron chi connectivity index (χ2n) is 10.3. The maximum atomic E-state index is 12.9. The van der Waals surface area contributed by atoms with Gasteiger partial charge in [0, 0.05) is 29.4 Å². The van der Waals surface area contributed by atoms with Gasteiger partial charge >= 0.3 is 5.97 Å². The van der Waals surface area contributed by atoms with E-state index in [1.54, 1.807) is 12.1 Å². The average Bonchev–Trinajstić information content (AvgIpc) is 3.39. The van der Waals surface area contributed by atoms with Crippen molar-refractivity contribution in [3.8, 4) is 22.3 Å². The number of hydrogen-bond acceptors (Lipinski definition) is 3. The third kappa shape index (κ3) is 5.86. The third-order valence-electron chi connectivity index (χ3n) is 7.42. The summed E-state index contributed by atoms with van der Waals surface area (Å²) in [5, 5.41) is 13.4. The minimum Gasteiger partial charge on any atom is -0.480 e. The Kier molecular flexibility index (Phi) is 7.64. The number of furan rings is 1. The summed E-state index contributed by atoms with van der Waals surface area (Å²) in [5.41, 5.74) is 7.44. The molecule has 42 heavy (non-hydrogen) atoms. The first-order valence-electron chi connectivity index (χ1n) is 13.9. The van der Waals surface area contributed by atoms with Crippen LogP contribution in [-0.4, -0.2) is 23.0 Å². The normalized spacial score (nSPS) is 11.7. The molecule has 1 aromatic heterocycles. The van der Waals surface area contributed by atoms with Gasteiger partial charge in [-0.25, -0.2) is 4.79 Å². The molecule has 206 valence electrons. The molecule has 0 saturated carbocycles. The van der Waals surface area contributed by atoms with E-state index in [0.717, 1.165) is 44.5 Å². The summed E-state index contributed by atoms with van der Waals surface area (Å²) in [5.74, 6) is -0.559. The van der Waals surface area contributed by atoms with Crippen molar-refractivity contribution >= 4 is 22.8 Å². The predicted octanol–water partition coefficient (Wildman–Crippen LogP) is 7.78. The average molecular weight is 552 g/mol. The highest BCUT2D eigenvalue weighted by Crippen LogP contribution is 2.37. The van der Waals surface area contributed by atoms with Gasteiger partial charge in [-0.1, -0.05) is 115 Å². The van der Waals surface area contributed by atoms with E-state index in [4.69, 9.17) is 4.42 Å². The van der Waals surface area contributed by atoms with Gasteiger partial charge in [0.25, 0.3) is 5.91 Å². The SMILES string of the molecule is O=C(N[C@@H](Cc1ccccc1)C(=O)O)c1ccc(-c2ccc(-c3c(Cc4ccccc4)oc4ccccc34)cc2)cc1. The van der Waals surface area contributed by atoms with Crippen LogP contribution in [0.1, 0.15) is 27.2 Å². The molecule has 0 spiro atoms. The Labute approximate surface area is 244 Å². The quantitative estimate of drug-likeness (QED) is 0.192. The van der Waals surface area contributed by atoms with E-state index in [2.05, 4.69) is 47.8 Å². The Morgan fingerprint density at radius 2 is 1.19 bits per heavy atom. The number of nitrogens with one attached hydrogen (secondary N) is 1. The number of carboxylic acids is 1. The number of rotatable bonds is 9. The van der Waals surface area contributed by atoms with Crippen LogP contribution in [0.2, 0.25) is 0 Å². The topological polar surface area (TPSA) is 79.5 Å². The zero-order valence-electron chi connectivity index (χ0n) is 22.9. The summed E-state index contributed by atoms with van der Waals surface area (Å²) in [4.78, 5) is 24.6. The van der Waals surface area contributed by atoms with E-state index in [9.17, 15) is 14.7 Å². The number of hydrogen-bond donors (Lipinski definition) is 2. The van der Waals surface area contributed by atoms with Crippen LogP contribution in [0, 0.1) is 0 Å². The number of para-hydroxylation sites is 1. The van der Waals surface area contributed by atoms with Crippen molar-refractivity contribution in [2.45, 2.75) is 18.9 Å². The van der Waals surface area contributed by atoms with Crippen LogP contribution in [0.25, 0.3) is 33.2 Å². The monoisotopic (exact) mass is 551 g/mol. The minimum atomic E-state index is -1.07. The van der Waals surface area contributed by atoms with Gasteiger partial charge < -0.3 is 14.8 Å². The Hall–Kier alpha value is -5.42. The van der Waals surface area contributed by atoms with Crippen molar-refractivity contribution in [2.24, 2.45) is 0 Å². The number of amides is 1. The molecule has 0 bridgehead atoms. The molecule has 6 aromatic rings. The van der Waals surface area contributed by atoms with Crippen LogP contribution in [0.4, 0.5) is 0 Å². The highest BCUT2D eigenvalue weighted by Gasteiger charge is 2.21. The second-order valence-corrected chi connectivity index (χ2v) is 10.3. The Morgan fingerprint density at radius 3 is 1.83 bits per heavy atom. The first-order valence-corrected chi connectivity index (χ1v) is 13.9. The predicted molar refractivity (Wildman–Crippen MR) is 165 cm³/mol. The van der Waals surface area contributed by atoms with Crippen LogP contribution < -0.4 is 5.32 Å². The van der Waals surface area contributed by atoms with E-state index >= 15 is 0 Å². The van der Waals surface area contributed by atoms with Gasteiger partial charge in [-0.2, -0.15) is 0 Å². The van der Waals surface area contributed by atoms with Crippen LogP contribution >= 0.6 is 0 Å². The van der Waals surface area contributed by atoms with E-state index in [-0.39, 0.29) is 6.42 Å². The molecule has 0 saturated heterocycles. The summed E-state index contributed by atoms with van der Waals surface area (Å²) in [7, 11) is 0. The molecule has 5 heteroatoms. The van der Waals surface area contributed by atoms with Gasteiger partial charge in [0.15, 0.2) is 0 Å². The van der Waals surface area contributed by atoms with Crippen molar-refractivity contribution in [3.63, 3.8) is 0 Å². The molecule has 1 amide bonds. The zero-order chi connectivity index (χ0) is 28.9. The fourth-order valence-corrected chi connectivity index (χ4v) is 5.25. The van der Waals surface area contributed by atoms with Gasteiger partial charge in [-0.05, 0) is 46.0 Å².